The number of aromatic nitrogens is 2. The van der Waals surface area contributed by atoms with Crippen LogP contribution in [0.4, 0.5) is 32.4 Å². The van der Waals surface area contributed by atoms with E-state index in [1.807, 2.05) is 0 Å². The molecule has 0 bridgehead atoms. The van der Waals surface area contributed by atoms with Gasteiger partial charge in [0, 0.05) is 18.4 Å². The number of alkyl halides is 6. The molecule has 0 saturated carbocycles. The molecule has 0 aliphatic rings. The predicted octanol–water partition coefficient (Wildman–Crippen LogP) is 3.95. The van der Waals surface area contributed by atoms with Crippen LogP contribution in [-0.4, -0.2) is 33.1 Å². The summed E-state index contributed by atoms with van der Waals surface area (Å²) in [7, 11) is 0. The third-order valence-corrected chi connectivity index (χ3v) is 3.21. The lowest BCUT2D eigenvalue weighted by Gasteiger charge is -2.09. The molecule has 0 radical (unpaired) electrons. The average molecular weight is 388 g/mol. The van der Waals surface area contributed by atoms with Crippen molar-refractivity contribution < 1.29 is 36.4 Å². The summed E-state index contributed by atoms with van der Waals surface area (Å²) in [6.45, 7) is -3.55. The van der Waals surface area contributed by atoms with Crippen molar-refractivity contribution in [2.24, 2.45) is 0 Å². The Morgan fingerprint density at radius 2 is 2.04 bits per heavy atom. The van der Waals surface area contributed by atoms with Crippen LogP contribution in [0.15, 0.2) is 12.1 Å². The lowest BCUT2D eigenvalue weighted by Crippen LogP contribution is -2.19. The van der Waals surface area contributed by atoms with Crippen molar-refractivity contribution in [3.8, 4) is 0 Å². The third kappa shape index (κ3) is 3.78. The lowest BCUT2D eigenvalue weighted by molar-refractivity contribution is -0.383. The van der Waals surface area contributed by atoms with Crippen molar-refractivity contribution in [1.29, 1.82) is 0 Å². The number of carbonyl (C=O) groups excluding carboxylic acids is 1. The quantitative estimate of drug-likeness (QED) is 0.343. The van der Waals surface area contributed by atoms with Crippen molar-refractivity contribution in [3.63, 3.8) is 0 Å². The molecular weight excluding hydrogens is 381 g/mol. The second-order valence-corrected chi connectivity index (χ2v) is 4.94. The first-order chi connectivity index (χ1) is 11.6. The molecule has 0 spiro atoms. The number of rotatable bonds is 4. The SMILES string of the molecule is O=C(OC(F)F)n1c(CCCl)nc2c([N+](=O)[O-])cc(C(F)(F)F)cc21. The molecule has 136 valence electrons. The van der Waals surface area contributed by atoms with Gasteiger partial charge in [-0.05, 0) is 6.07 Å². The molecule has 0 fully saturated rings. The summed E-state index contributed by atoms with van der Waals surface area (Å²) in [4.78, 5) is 25.4. The summed E-state index contributed by atoms with van der Waals surface area (Å²) in [6.07, 6.45) is -6.94. The van der Waals surface area contributed by atoms with Gasteiger partial charge in [-0.3, -0.25) is 10.1 Å². The van der Waals surface area contributed by atoms with E-state index < -0.39 is 46.1 Å². The molecular formula is C12H7ClF5N3O4. The van der Waals surface area contributed by atoms with Gasteiger partial charge in [0.15, 0.2) is 5.52 Å². The fourth-order valence-electron chi connectivity index (χ4n) is 2.09. The summed E-state index contributed by atoms with van der Waals surface area (Å²) in [5.41, 5.74) is -3.75. The van der Waals surface area contributed by atoms with Crippen LogP contribution in [-0.2, 0) is 17.3 Å². The number of fused-ring (bicyclic) bond motifs is 1. The third-order valence-electron chi connectivity index (χ3n) is 3.02. The molecule has 1 heterocycles. The van der Waals surface area contributed by atoms with Crippen molar-refractivity contribution >= 4 is 34.4 Å². The van der Waals surface area contributed by atoms with Gasteiger partial charge in [-0.15, -0.1) is 11.6 Å². The highest BCUT2D eigenvalue weighted by molar-refractivity contribution is 6.18. The van der Waals surface area contributed by atoms with Gasteiger partial charge >= 0.3 is 18.9 Å². The molecule has 0 unspecified atom stereocenters. The minimum absolute atomic E-state index is 0.175. The molecule has 13 heteroatoms. The van der Waals surface area contributed by atoms with Gasteiger partial charge < -0.3 is 4.74 Å². The van der Waals surface area contributed by atoms with E-state index in [0.29, 0.717) is 10.6 Å². The number of carbonyl (C=O) groups is 1. The number of nitrogens with zero attached hydrogens (tertiary/aromatic N) is 3. The Kier molecular flexibility index (Phi) is 5.11. The number of aryl methyl sites for hydroxylation is 1. The van der Waals surface area contributed by atoms with Crippen LogP contribution in [0.3, 0.4) is 0 Å². The second-order valence-electron chi connectivity index (χ2n) is 4.56. The van der Waals surface area contributed by atoms with Gasteiger partial charge in [-0.2, -0.15) is 22.0 Å². The number of imidazole rings is 1. The molecule has 1 aromatic carbocycles. The summed E-state index contributed by atoms with van der Waals surface area (Å²) < 4.78 is 67.4. The van der Waals surface area contributed by atoms with Crippen LogP contribution in [0.25, 0.3) is 11.0 Å². The summed E-state index contributed by atoms with van der Waals surface area (Å²) in [6, 6.07) is 0.627. The van der Waals surface area contributed by atoms with Crippen LogP contribution < -0.4 is 0 Å². The number of hydrogen-bond acceptors (Lipinski definition) is 5. The molecule has 2 rings (SSSR count). The normalized spacial score (nSPS) is 12.0. The first kappa shape index (κ1) is 18.8. The topological polar surface area (TPSA) is 87.3 Å². The number of nitro benzene ring substituents is 1. The molecule has 0 aliphatic carbocycles. The smallest absolute Gasteiger partial charge is 0.386 e. The van der Waals surface area contributed by atoms with Gasteiger partial charge in [-0.25, -0.2) is 14.3 Å². The van der Waals surface area contributed by atoms with Gasteiger partial charge in [-0.1, -0.05) is 0 Å². The Morgan fingerprint density at radius 3 is 2.52 bits per heavy atom. The monoisotopic (exact) mass is 387 g/mol. The molecule has 2 aromatic rings. The maximum atomic E-state index is 12.9. The summed E-state index contributed by atoms with van der Waals surface area (Å²) in [5.74, 6) is -0.524. The first-order valence-electron chi connectivity index (χ1n) is 6.38. The van der Waals surface area contributed by atoms with Crippen LogP contribution in [0, 0.1) is 10.1 Å². The van der Waals surface area contributed by atoms with Gasteiger partial charge in [0.2, 0.25) is 0 Å². The summed E-state index contributed by atoms with van der Waals surface area (Å²) >= 11 is 5.48. The largest absolute Gasteiger partial charge is 0.424 e. The van der Waals surface area contributed by atoms with Gasteiger partial charge in [0.25, 0.3) is 5.69 Å². The molecule has 0 atom stereocenters. The molecule has 0 amide bonds. The predicted molar refractivity (Wildman–Crippen MR) is 73.7 cm³/mol. The number of ether oxygens (including phenoxy) is 1. The van der Waals surface area contributed by atoms with Crippen LogP contribution >= 0.6 is 11.6 Å². The van der Waals surface area contributed by atoms with Crippen molar-refractivity contribution in [2.75, 3.05) is 5.88 Å². The highest BCUT2D eigenvalue weighted by atomic mass is 35.5. The van der Waals surface area contributed by atoms with Crippen LogP contribution in [0.2, 0.25) is 0 Å². The number of halogens is 6. The Bertz CT molecular complexity index is 836. The maximum absolute atomic E-state index is 12.9. The van der Waals surface area contributed by atoms with E-state index in [1.165, 1.54) is 0 Å². The van der Waals surface area contributed by atoms with E-state index in [9.17, 15) is 36.9 Å². The Morgan fingerprint density at radius 1 is 1.40 bits per heavy atom. The zero-order chi connectivity index (χ0) is 18.9. The lowest BCUT2D eigenvalue weighted by atomic mass is 10.1. The van der Waals surface area contributed by atoms with E-state index >= 15 is 0 Å². The minimum Gasteiger partial charge on any atom is -0.386 e. The molecule has 1 aromatic heterocycles. The number of non-ortho nitro benzene ring substituents is 1. The molecule has 7 nitrogen and oxygen atoms in total. The van der Waals surface area contributed by atoms with Gasteiger partial charge in [0.05, 0.1) is 16.0 Å². The second kappa shape index (κ2) is 6.78. The summed E-state index contributed by atoms with van der Waals surface area (Å²) in [5, 5.41) is 11.0. The van der Waals surface area contributed by atoms with Crippen molar-refractivity contribution in [1.82, 2.24) is 9.55 Å². The molecule has 25 heavy (non-hydrogen) atoms. The number of nitro groups is 1. The Labute approximate surface area is 140 Å². The molecule has 0 N–H and O–H groups in total. The fraction of sp³-hybridized carbons (Fsp3) is 0.333. The van der Waals surface area contributed by atoms with Crippen LogP contribution in [0.5, 0.6) is 0 Å². The highest BCUT2D eigenvalue weighted by Crippen LogP contribution is 2.36. The van der Waals surface area contributed by atoms with E-state index in [0.717, 1.165) is 0 Å². The zero-order valence-corrected chi connectivity index (χ0v) is 12.6. The number of hydrogen-bond donors (Lipinski definition) is 0. The van der Waals surface area contributed by atoms with E-state index in [2.05, 4.69) is 9.72 Å². The number of benzene rings is 1. The van der Waals surface area contributed by atoms with Gasteiger partial charge in [0.1, 0.15) is 5.82 Å². The van der Waals surface area contributed by atoms with Crippen molar-refractivity contribution in [3.05, 3.63) is 33.6 Å². The van der Waals surface area contributed by atoms with Crippen LogP contribution in [0.1, 0.15) is 11.4 Å². The first-order valence-corrected chi connectivity index (χ1v) is 6.91. The fourth-order valence-corrected chi connectivity index (χ4v) is 2.26. The average Bonchev–Trinajstić information content (AvgIpc) is 2.82. The van der Waals surface area contributed by atoms with E-state index in [4.69, 9.17) is 11.6 Å². The van der Waals surface area contributed by atoms with E-state index in [1.54, 1.807) is 0 Å². The Balaban J connectivity index is 2.83. The molecule has 0 saturated heterocycles. The minimum atomic E-state index is -4.98. The Hall–Kier alpha value is -2.50. The maximum Gasteiger partial charge on any atom is 0.424 e. The molecule has 0 aliphatic heterocycles. The standard InChI is InChI=1S/C12H7ClF5N3O4/c13-2-1-8-19-9-6(20(8)11(22)25-10(14)15)3-5(12(16,17)18)4-7(9)21(23)24/h3-4,10H,1-2H2. The zero-order valence-electron chi connectivity index (χ0n) is 11.9. The van der Waals surface area contributed by atoms with Crippen molar-refractivity contribution in [2.45, 2.75) is 19.2 Å². The van der Waals surface area contributed by atoms with E-state index in [-0.39, 0.29) is 24.2 Å². The highest BCUT2D eigenvalue weighted by Gasteiger charge is 2.35.